The van der Waals surface area contributed by atoms with Crippen molar-refractivity contribution in [3.05, 3.63) is 133 Å². The van der Waals surface area contributed by atoms with Crippen LogP contribution in [0.4, 0.5) is 5.69 Å². The van der Waals surface area contributed by atoms with Gasteiger partial charge in [-0.2, -0.15) is 0 Å². The number of hydrogen-bond donors (Lipinski definition) is 1. The van der Waals surface area contributed by atoms with Crippen LogP contribution in [0.1, 0.15) is 45.6 Å². The number of nitro groups is 1. The van der Waals surface area contributed by atoms with Gasteiger partial charge in [0, 0.05) is 47.1 Å². The van der Waals surface area contributed by atoms with Gasteiger partial charge in [-0.15, -0.1) is 11.3 Å². The Kier molecular flexibility index (Phi) is 8.38. The molecule has 1 aromatic heterocycles. The van der Waals surface area contributed by atoms with Gasteiger partial charge in [0.15, 0.2) is 0 Å². The number of hydrogen-bond acceptors (Lipinski definition) is 5. The van der Waals surface area contributed by atoms with Crippen molar-refractivity contribution in [3.8, 4) is 0 Å². The maximum Gasteiger partial charge on any atom is 0.269 e. The fourth-order valence-corrected chi connectivity index (χ4v) is 5.35. The number of carbonyl (C=O) groups excluding carboxylic acids is 1. The van der Waals surface area contributed by atoms with E-state index in [4.69, 9.17) is 11.6 Å². The van der Waals surface area contributed by atoms with E-state index in [1.807, 2.05) is 79.0 Å². The van der Waals surface area contributed by atoms with Gasteiger partial charge in [-0.3, -0.25) is 14.9 Å². The molecule has 8 heteroatoms. The third kappa shape index (κ3) is 6.25. The summed E-state index contributed by atoms with van der Waals surface area (Å²) in [5.74, 6) is -0.261. The number of nitro benzene ring substituents is 1. The summed E-state index contributed by atoms with van der Waals surface area (Å²) < 4.78 is 0. The molecule has 2 unspecified atom stereocenters. The fourth-order valence-electron chi connectivity index (χ4n) is 4.35. The summed E-state index contributed by atoms with van der Waals surface area (Å²) in [5, 5.41) is 25.5. The molecule has 0 aliphatic heterocycles. The SMILES string of the molecule is CC(CN(CCC(O)(c1ccccc1)c1cccs1)C(=O)c1ccc([N+](=O)[O-])cc1)c1ccc(Cl)cc1. The highest BCUT2D eigenvalue weighted by Crippen LogP contribution is 2.36. The van der Waals surface area contributed by atoms with Crippen molar-refractivity contribution in [2.75, 3.05) is 13.1 Å². The zero-order valence-electron chi connectivity index (χ0n) is 20.3. The molecule has 6 nitrogen and oxygen atoms in total. The van der Waals surface area contributed by atoms with Crippen molar-refractivity contribution < 1.29 is 14.8 Å². The summed E-state index contributed by atoms with van der Waals surface area (Å²) in [5.41, 5.74) is 0.794. The van der Waals surface area contributed by atoms with E-state index in [1.54, 1.807) is 4.90 Å². The van der Waals surface area contributed by atoms with Gasteiger partial charge in [-0.1, -0.05) is 67.1 Å². The van der Waals surface area contributed by atoms with Crippen LogP contribution in [-0.4, -0.2) is 33.9 Å². The van der Waals surface area contributed by atoms with Crippen molar-refractivity contribution in [2.45, 2.75) is 24.9 Å². The molecule has 1 heterocycles. The van der Waals surface area contributed by atoms with E-state index in [9.17, 15) is 20.0 Å². The van der Waals surface area contributed by atoms with Gasteiger partial charge in [0.25, 0.3) is 11.6 Å². The standard InChI is InChI=1S/C29H27ClN2O4S/c1-21(22-9-13-25(30)14-10-22)20-31(28(33)23-11-15-26(16-12-23)32(35)36)18-17-29(34,27-8-5-19-37-27)24-6-3-2-4-7-24/h2-16,19,21,34H,17-18,20H2,1H3. The van der Waals surface area contributed by atoms with Crippen LogP contribution in [0.2, 0.25) is 5.02 Å². The molecule has 0 saturated heterocycles. The summed E-state index contributed by atoms with van der Waals surface area (Å²) >= 11 is 7.52. The number of amides is 1. The number of halogens is 1. The van der Waals surface area contributed by atoms with Gasteiger partial charge in [0.2, 0.25) is 0 Å². The molecule has 0 spiro atoms. The molecular formula is C29H27ClN2O4S. The Morgan fingerprint density at radius 1 is 1.03 bits per heavy atom. The monoisotopic (exact) mass is 534 g/mol. The first-order valence-corrected chi connectivity index (χ1v) is 13.1. The van der Waals surface area contributed by atoms with Gasteiger partial charge < -0.3 is 10.0 Å². The molecule has 0 aliphatic rings. The molecule has 0 bridgehead atoms. The molecule has 0 fully saturated rings. The van der Waals surface area contributed by atoms with Crippen molar-refractivity contribution in [1.29, 1.82) is 0 Å². The van der Waals surface area contributed by atoms with E-state index in [0.29, 0.717) is 17.1 Å². The highest BCUT2D eigenvalue weighted by molar-refractivity contribution is 7.10. The second-order valence-electron chi connectivity index (χ2n) is 8.96. The first-order chi connectivity index (χ1) is 17.8. The molecule has 0 radical (unpaired) electrons. The molecular weight excluding hydrogens is 508 g/mol. The number of carbonyl (C=O) groups is 1. The molecule has 37 heavy (non-hydrogen) atoms. The number of non-ortho nitro benzene ring substituents is 1. The van der Waals surface area contributed by atoms with Crippen molar-refractivity contribution in [1.82, 2.24) is 4.90 Å². The fraction of sp³-hybridized carbons (Fsp3) is 0.207. The zero-order chi connectivity index (χ0) is 26.4. The van der Waals surface area contributed by atoms with Crippen molar-refractivity contribution in [2.24, 2.45) is 0 Å². The summed E-state index contributed by atoms with van der Waals surface area (Å²) in [7, 11) is 0. The summed E-state index contributed by atoms with van der Waals surface area (Å²) in [4.78, 5) is 26.7. The minimum atomic E-state index is -1.27. The number of thiophene rings is 1. The quantitative estimate of drug-likeness (QED) is 0.177. The predicted octanol–water partition coefficient (Wildman–Crippen LogP) is 6.88. The zero-order valence-corrected chi connectivity index (χ0v) is 21.9. The van der Waals surface area contributed by atoms with E-state index >= 15 is 0 Å². The minimum Gasteiger partial charge on any atom is -0.379 e. The van der Waals surface area contributed by atoms with Crippen LogP contribution < -0.4 is 0 Å². The van der Waals surface area contributed by atoms with Gasteiger partial charge in [-0.05, 0) is 52.8 Å². The topological polar surface area (TPSA) is 83.7 Å². The Labute approximate surface area is 224 Å². The first-order valence-electron chi connectivity index (χ1n) is 11.9. The molecule has 3 aromatic carbocycles. The average Bonchev–Trinajstić information content (AvgIpc) is 3.47. The smallest absolute Gasteiger partial charge is 0.269 e. The largest absolute Gasteiger partial charge is 0.379 e. The highest BCUT2D eigenvalue weighted by atomic mass is 35.5. The molecule has 0 saturated carbocycles. The van der Waals surface area contributed by atoms with Gasteiger partial charge >= 0.3 is 0 Å². The van der Waals surface area contributed by atoms with E-state index in [2.05, 4.69) is 0 Å². The first kappa shape index (κ1) is 26.5. The third-order valence-electron chi connectivity index (χ3n) is 6.47. The summed E-state index contributed by atoms with van der Waals surface area (Å²) in [6.07, 6.45) is 0.281. The molecule has 190 valence electrons. The number of aliphatic hydroxyl groups is 1. The van der Waals surface area contributed by atoms with E-state index in [1.165, 1.54) is 35.6 Å². The normalized spacial score (nSPS) is 13.5. The highest BCUT2D eigenvalue weighted by Gasteiger charge is 2.34. The molecule has 0 aliphatic carbocycles. The Balaban J connectivity index is 1.63. The second kappa shape index (κ2) is 11.7. The average molecular weight is 535 g/mol. The Hall–Kier alpha value is -3.52. The van der Waals surface area contributed by atoms with E-state index in [0.717, 1.165) is 16.0 Å². The van der Waals surface area contributed by atoms with Gasteiger partial charge in [0.05, 0.1) is 4.92 Å². The Bertz CT molecular complexity index is 1330. The summed E-state index contributed by atoms with van der Waals surface area (Å²) in [6, 6.07) is 26.4. The van der Waals surface area contributed by atoms with Gasteiger partial charge in [0.1, 0.15) is 5.60 Å². The van der Waals surface area contributed by atoms with Crippen LogP contribution in [-0.2, 0) is 5.60 Å². The van der Waals surface area contributed by atoms with Crippen LogP contribution >= 0.6 is 22.9 Å². The maximum atomic E-state index is 13.6. The van der Waals surface area contributed by atoms with Crippen LogP contribution in [0.3, 0.4) is 0 Å². The van der Waals surface area contributed by atoms with Crippen LogP contribution in [0.5, 0.6) is 0 Å². The molecule has 4 rings (SSSR count). The lowest BCUT2D eigenvalue weighted by Crippen LogP contribution is -2.39. The van der Waals surface area contributed by atoms with Crippen LogP contribution in [0.15, 0.2) is 96.4 Å². The Morgan fingerprint density at radius 3 is 2.30 bits per heavy atom. The number of rotatable bonds is 10. The lowest BCUT2D eigenvalue weighted by Gasteiger charge is -2.32. The van der Waals surface area contributed by atoms with Crippen molar-refractivity contribution >= 4 is 34.5 Å². The van der Waals surface area contributed by atoms with Crippen LogP contribution in [0, 0.1) is 10.1 Å². The van der Waals surface area contributed by atoms with Crippen molar-refractivity contribution in [3.63, 3.8) is 0 Å². The minimum absolute atomic E-state index is 0.00850. The molecule has 4 aromatic rings. The third-order valence-corrected chi connectivity index (χ3v) is 7.74. The Morgan fingerprint density at radius 2 is 1.70 bits per heavy atom. The lowest BCUT2D eigenvalue weighted by atomic mass is 9.88. The van der Waals surface area contributed by atoms with Gasteiger partial charge in [-0.25, -0.2) is 0 Å². The van der Waals surface area contributed by atoms with E-state index in [-0.39, 0.29) is 30.5 Å². The molecule has 1 N–H and O–H groups in total. The molecule has 1 amide bonds. The number of benzene rings is 3. The maximum absolute atomic E-state index is 13.6. The number of nitrogens with zero attached hydrogens (tertiary/aromatic N) is 2. The predicted molar refractivity (Wildman–Crippen MR) is 147 cm³/mol. The van der Waals surface area contributed by atoms with E-state index < -0.39 is 10.5 Å². The second-order valence-corrected chi connectivity index (χ2v) is 10.3. The van der Waals surface area contributed by atoms with Crippen LogP contribution in [0.25, 0.3) is 0 Å². The molecule has 2 atom stereocenters. The summed E-state index contributed by atoms with van der Waals surface area (Å²) in [6.45, 7) is 2.70. The lowest BCUT2D eigenvalue weighted by molar-refractivity contribution is -0.384.